The molecule has 0 saturated carbocycles. The fraction of sp³-hybridized carbons (Fsp3) is 1.00. The van der Waals surface area contributed by atoms with Crippen molar-refractivity contribution in [2.75, 3.05) is 26.8 Å². The van der Waals surface area contributed by atoms with Crippen LogP contribution in [-0.2, 0) is 0 Å². The summed E-state index contributed by atoms with van der Waals surface area (Å²) in [4.78, 5) is 2.33. The van der Waals surface area contributed by atoms with E-state index in [1.807, 2.05) is 0 Å². The quantitative estimate of drug-likeness (QED) is 0.448. The van der Waals surface area contributed by atoms with E-state index in [1.54, 1.807) is 0 Å². The predicted molar refractivity (Wildman–Crippen MR) is 42.8 cm³/mol. The van der Waals surface area contributed by atoms with Crippen molar-refractivity contribution in [3.8, 4) is 0 Å². The lowest BCUT2D eigenvalue weighted by Crippen LogP contribution is -2.36. The Kier molecular flexibility index (Phi) is 2.52. The Balaban J connectivity index is 2.23. The molecule has 1 fully saturated rings. The summed E-state index contributed by atoms with van der Waals surface area (Å²) in [7, 11) is 2.16. The van der Waals surface area contributed by atoms with Crippen molar-refractivity contribution >= 4 is 22.9 Å². The third-order valence-corrected chi connectivity index (χ3v) is 2.12. The van der Waals surface area contributed by atoms with E-state index in [-0.39, 0.29) is 0 Å². The van der Waals surface area contributed by atoms with Gasteiger partial charge in [-0.3, -0.25) is 4.90 Å². The van der Waals surface area contributed by atoms with Gasteiger partial charge in [-0.15, -0.1) is 0 Å². The standard InChI is InChI=1S/C5H11IN2/c1-7-3-2-4-8(6)5-7/h2-5H2,1H3. The molecule has 0 aliphatic carbocycles. The van der Waals surface area contributed by atoms with Crippen LogP contribution in [0.25, 0.3) is 0 Å². The molecular formula is C5H11IN2. The molecule has 3 heteroatoms. The zero-order valence-electron chi connectivity index (χ0n) is 5.10. The van der Waals surface area contributed by atoms with Gasteiger partial charge in [-0.1, -0.05) is 0 Å². The van der Waals surface area contributed by atoms with Crippen molar-refractivity contribution in [1.82, 2.24) is 8.01 Å². The molecule has 8 heavy (non-hydrogen) atoms. The fourth-order valence-electron chi connectivity index (χ4n) is 0.916. The lowest BCUT2D eigenvalue weighted by Gasteiger charge is -2.28. The van der Waals surface area contributed by atoms with Gasteiger partial charge in [-0.05, 0) is 13.5 Å². The summed E-state index contributed by atoms with van der Waals surface area (Å²) in [6, 6.07) is 0. The summed E-state index contributed by atoms with van der Waals surface area (Å²) in [5.41, 5.74) is 0. The van der Waals surface area contributed by atoms with Gasteiger partial charge in [-0.2, -0.15) is 0 Å². The van der Waals surface area contributed by atoms with Crippen LogP contribution >= 0.6 is 22.9 Å². The van der Waals surface area contributed by atoms with Crippen LogP contribution in [-0.4, -0.2) is 34.8 Å². The first-order valence-electron chi connectivity index (χ1n) is 2.88. The van der Waals surface area contributed by atoms with Gasteiger partial charge >= 0.3 is 0 Å². The highest BCUT2D eigenvalue weighted by atomic mass is 127. The first-order valence-corrected chi connectivity index (χ1v) is 3.85. The van der Waals surface area contributed by atoms with Crippen LogP contribution in [0.15, 0.2) is 0 Å². The second-order valence-corrected chi connectivity index (χ2v) is 3.63. The molecule has 1 rings (SSSR count). The summed E-state index contributed by atoms with van der Waals surface area (Å²) in [5, 5.41) is 0. The Morgan fingerprint density at radius 1 is 1.38 bits per heavy atom. The lowest BCUT2D eigenvalue weighted by atomic mass is 10.3. The largest absolute Gasteiger partial charge is 0.293 e. The number of hydrogen-bond donors (Lipinski definition) is 0. The van der Waals surface area contributed by atoms with Crippen molar-refractivity contribution in [2.45, 2.75) is 6.42 Å². The first kappa shape index (κ1) is 6.77. The number of hydrogen-bond acceptors (Lipinski definition) is 2. The molecule has 0 aromatic heterocycles. The highest BCUT2D eigenvalue weighted by Crippen LogP contribution is 2.07. The zero-order chi connectivity index (χ0) is 5.98. The van der Waals surface area contributed by atoms with Crippen LogP contribution in [0.3, 0.4) is 0 Å². The molecule has 0 aromatic carbocycles. The Morgan fingerprint density at radius 2 is 2.12 bits per heavy atom. The summed E-state index contributed by atoms with van der Waals surface area (Å²) in [5.74, 6) is 0. The molecular weight excluding hydrogens is 215 g/mol. The van der Waals surface area contributed by atoms with Crippen LogP contribution in [0, 0.1) is 0 Å². The van der Waals surface area contributed by atoms with Gasteiger partial charge in [0.05, 0.1) is 6.67 Å². The number of rotatable bonds is 0. The molecule has 48 valence electrons. The molecule has 1 heterocycles. The zero-order valence-corrected chi connectivity index (χ0v) is 7.26. The molecule has 0 bridgehead atoms. The van der Waals surface area contributed by atoms with E-state index >= 15 is 0 Å². The van der Waals surface area contributed by atoms with Gasteiger partial charge in [0.2, 0.25) is 0 Å². The van der Waals surface area contributed by atoms with Crippen LogP contribution in [0.5, 0.6) is 0 Å². The highest BCUT2D eigenvalue weighted by Gasteiger charge is 2.09. The minimum Gasteiger partial charge on any atom is -0.293 e. The molecule has 0 spiro atoms. The number of nitrogens with zero attached hydrogens (tertiary/aromatic N) is 2. The maximum atomic E-state index is 2.36. The number of halogens is 1. The molecule has 1 aliphatic heterocycles. The monoisotopic (exact) mass is 226 g/mol. The Labute approximate surface area is 64.3 Å². The van der Waals surface area contributed by atoms with Gasteiger partial charge in [0.15, 0.2) is 0 Å². The van der Waals surface area contributed by atoms with Gasteiger partial charge < -0.3 is 0 Å². The van der Waals surface area contributed by atoms with E-state index in [1.165, 1.54) is 19.5 Å². The molecule has 0 amide bonds. The summed E-state index contributed by atoms with van der Waals surface area (Å²) in [6.07, 6.45) is 1.32. The molecule has 1 aliphatic rings. The molecule has 0 atom stereocenters. The topological polar surface area (TPSA) is 6.48 Å². The minimum absolute atomic E-state index is 1.13. The van der Waals surface area contributed by atoms with Gasteiger partial charge in [0.25, 0.3) is 0 Å². The second kappa shape index (κ2) is 2.98. The highest BCUT2D eigenvalue weighted by molar-refractivity contribution is 14.1. The van der Waals surface area contributed by atoms with Gasteiger partial charge in [0, 0.05) is 36.0 Å². The normalized spacial score (nSPS) is 26.2. The molecule has 0 unspecified atom stereocenters. The van der Waals surface area contributed by atoms with Crippen LogP contribution in [0.4, 0.5) is 0 Å². The molecule has 2 nitrogen and oxygen atoms in total. The van der Waals surface area contributed by atoms with E-state index in [9.17, 15) is 0 Å². The first-order chi connectivity index (χ1) is 3.79. The lowest BCUT2D eigenvalue weighted by molar-refractivity contribution is 0.204. The Bertz CT molecular complexity index is 68.8. The van der Waals surface area contributed by atoms with Crippen molar-refractivity contribution in [3.05, 3.63) is 0 Å². The SMILES string of the molecule is CN1CCCN(I)C1. The summed E-state index contributed by atoms with van der Waals surface area (Å²) < 4.78 is 2.31. The average Bonchev–Trinajstić information content (AvgIpc) is 1.64. The fourth-order valence-corrected chi connectivity index (χ4v) is 1.78. The van der Waals surface area contributed by atoms with E-state index in [0.717, 1.165) is 6.67 Å². The van der Waals surface area contributed by atoms with E-state index in [2.05, 4.69) is 37.9 Å². The predicted octanol–water partition coefficient (Wildman–Crippen LogP) is 0.931. The van der Waals surface area contributed by atoms with Gasteiger partial charge in [0.1, 0.15) is 0 Å². The third kappa shape index (κ3) is 1.87. The van der Waals surface area contributed by atoms with Crippen molar-refractivity contribution in [3.63, 3.8) is 0 Å². The third-order valence-electron chi connectivity index (χ3n) is 1.34. The molecule has 1 saturated heterocycles. The van der Waals surface area contributed by atoms with Crippen LogP contribution < -0.4 is 0 Å². The Hall–Kier alpha value is 0.650. The molecule has 0 radical (unpaired) electrons. The Morgan fingerprint density at radius 3 is 2.50 bits per heavy atom. The average molecular weight is 226 g/mol. The van der Waals surface area contributed by atoms with Crippen molar-refractivity contribution < 1.29 is 0 Å². The maximum absolute atomic E-state index is 2.36. The van der Waals surface area contributed by atoms with Crippen molar-refractivity contribution in [1.29, 1.82) is 0 Å². The van der Waals surface area contributed by atoms with E-state index in [0.29, 0.717) is 0 Å². The smallest absolute Gasteiger partial charge is 0.0596 e. The summed E-state index contributed by atoms with van der Waals surface area (Å²) in [6.45, 7) is 3.64. The van der Waals surface area contributed by atoms with Crippen LogP contribution in [0.2, 0.25) is 0 Å². The van der Waals surface area contributed by atoms with E-state index < -0.39 is 0 Å². The molecule has 0 N–H and O–H groups in total. The molecule has 0 aromatic rings. The minimum atomic E-state index is 1.13. The van der Waals surface area contributed by atoms with Crippen LogP contribution in [0.1, 0.15) is 6.42 Å². The second-order valence-electron chi connectivity index (χ2n) is 2.26. The van der Waals surface area contributed by atoms with Crippen molar-refractivity contribution in [2.24, 2.45) is 0 Å². The van der Waals surface area contributed by atoms with Gasteiger partial charge in [-0.25, -0.2) is 3.11 Å². The summed E-state index contributed by atoms with van der Waals surface area (Å²) >= 11 is 2.36. The van der Waals surface area contributed by atoms with E-state index in [4.69, 9.17) is 0 Å². The maximum Gasteiger partial charge on any atom is 0.0596 e.